The topological polar surface area (TPSA) is 81.7 Å². The van der Waals surface area contributed by atoms with Crippen LogP contribution in [0.2, 0.25) is 0 Å². The van der Waals surface area contributed by atoms with Gasteiger partial charge in [0.2, 0.25) is 0 Å². The molecule has 0 bridgehead atoms. The summed E-state index contributed by atoms with van der Waals surface area (Å²) in [4.78, 5) is 33.0. The van der Waals surface area contributed by atoms with Crippen molar-refractivity contribution in [2.24, 2.45) is 0 Å². The first-order valence-corrected chi connectivity index (χ1v) is 5.48. The van der Waals surface area contributed by atoms with Crippen molar-refractivity contribution in [2.75, 3.05) is 7.11 Å². The van der Waals surface area contributed by atoms with E-state index in [0.29, 0.717) is 6.29 Å². The van der Waals surface area contributed by atoms with Gasteiger partial charge in [0.25, 0.3) is 0 Å². The monoisotopic (exact) mass is 257 g/mol. The van der Waals surface area contributed by atoms with Crippen molar-refractivity contribution in [2.45, 2.75) is 38.8 Å². The molecule has 0 rings (SSSR count). The number of carbonyl (C=O) groups is 3. The Morgan fingerprint density at radius 3 is 2.39 bits per heavy atom. The molecule has 0 unspecified atom stereocenters. The maximum absolute atomic E-state index is 11.5. The van der Waals surface area contributed by atoms with Gasteiger partial charge in [-0.3, -0.25) is 4.79 Å². The van der Waals surface area contributed by atoms with Crippen LogP contribution in [0.25, 0.3) is 0 Å². The number of methoxy groups -OCH3 is 1. The number of alkyl carbamates (subject to hydrolysis) is 1. The standard InChI is InChI=1S/C12H19NO5/c1-12(2,3)18-11(16)13-9(10(15)17-4)7-5-6-8-14/h5-6,8-9H,7H2,1-4H3,(H,13,16)/b6-5+/t9-/m0/s1. The molecule has 1 N–H and O–H groups in total. The first kappa shape index (κ1) is 16.1. The Kier molecular flexibility index (Phi) is 6.70. The van der Waals surface area contributed by atoms with Crippen LogP contribution < -0.4 is 5.32 Å². The lowest BCUT2D eigenvalue weighted by Crippen LogP contribution is -2.43. The zero-order chi connectivity index (χ0) is 14.2. The molecule has 1 amide bonds. The maximum atomic E-state index is 11.5. The molecule has 0 saturated heterocycles. The summed E-state index contributed by atoms with van der Waals surface area (Å²) in [5, 5.41) is 2.38. The molecule has 0 aromatic heterocycles. The Balaban J connectivity index is 4.49. The van der Waals surface area contributed by atoms with E-state index in [-0.39, 0.29) is 6.42 Å². The normalized spacial score (nSPS) is 12.9. The fourth-order valence-corrected chi connectivity index (χ4v) is 1.08. The van der Waals surface area contributed by atoms with E-state index in [9.17, 15) is 14.4 Å². The fourth-order valence-electron chi connectivity index (χ4n) is 1.08. The molecular weight excluding hydrogens is 238 g/mol. The van der Waals surface area contributed by atoms with Crippen LogP contribution in [0.1, 0.15) is 27.2 Å². The summed E-state index contributed by atoms with van der Waals surface area (Å²) < 4.78 is 9.56. The van der Waals surface area contributed by atoms with Gasteiger partial charge in [-0.15, -0.1) is 0 Å². The average molecular weight is 257 g/mol. The molecule has 0 aliphatic carbocycles. The zero-order valence-electron chi connectivity index (χ0n) is 11.1. The van der Waals surface area contributed by atoms with Gasteiger partial charge in [-0.1, -0.05) is 6.08 Å². The summed E-state index contributed by atoms with van der Waals surface area (Å²) in [6.07, 6.45) is 2.74. The number of allylic oxidation sites excluding steroid dienone is 1. The maximum Gasteiger partial charge on any atom is 0.408 e. The van der Waals surface area contributed by atoms with Gasteiger partial charge >= 0.3 is 12.1 Å². The van der Waals surface area contributed by atoms with Crippen LogP contribution in [0.5, 0.6) is 0 Å². The average Bonchev–Trinajstić information content (AvgIpc) is 2.24. The van der Waals surface area contributed by atoms with Crippen LogP contribution >= 0.6 is 0 Å². The molecule has 102 valence electrons. The number of esters is 1. The van der Waals surface area contributed by atoms with E-state index in [1.54, 1.807) is 20.8 Å². The number of aldehydes is 1. The summed E-state index contributed by atoms with van der Waals surface area (Å²) in [6.45, 7) is 5.14. The Labute approximate surface area is 106 Å². The molecule has 0 aromatic rings. The van der Waals surface area contributed by atoms with Gasteiger partial charge in [0, 0.05) is 0 Å². The highest BCUT2D eigenvalue weighted by molar-refractivity contribution is 5.81. The van der Waals surface area contributed by atoms with E-state index < -0.39 is 23.7 Å². The molecule has 0 saturated carbocycles. The van der Waals surface area contributed by atoms with Gasteiger partial charge < -0.3 is 14.8 Å². The number of carbonyl (C=O) groups excluding carboxylic acids is 3. The number of amides is 1. The van der Waals surface area contributed by atoms with Crippen LogP contribution in [0.3, 0.4) is 0 Å². The number of nitrogens with one attached hydrogen (secondary N) is 1. The van der Waals surface area contributed by atoms with Crippen LogP contribution in [0, 0.1) is 0 Å². The highest BCUT2D eigenvalue weighted by Gasteiger charge is 2.23. The Bertz CT molecular complexity index is 330. The van der Waals surface area contributed by atoms with Crippen molar-refractivity contribution in [3.8, 4) is 0 Å². The first-order chi connectivity index (χ1) is 8.30. The second-order valence-corrected chi connectivity index (χ2v) is 4.52. The van der Waals surface area contributed by atoms with Gasteiger partial charge in [-0.05, 0) is 33.3 Å². The predicted molar refractivity (Wildman–Crippen MR) is 65.0 cm³/mol. The van der Waals surface area contributed by atoms with Gasteiger partial charge in [0.15, 0.2) is 0 Å². The number of hydrogen-bond donors (Lipinski definition) is 1. The first-order valence-electron chi connectivity index (χ1n) is 5.48. The minimum absolute atomic E-state index is 0.157. The molecule has 18 heavy (non-hydrogen) atoms. The molecule has 0 heterocycles. The minimum Gasteiger partial charge on any atom is -0.467 e. The van der Waals surface area contributed by atoms with Crippen molar-refractivity contribution < 1.29 is 23.9 Å². The van der Waals surface area contributed by atoms with Crippen molar-refractivity contribution in [3.05, 3.63) is 12.2 Å². The van der Waals surface area contributed by atoms with Crippen LogP contribution in [0.4, 0.5) is 4.79 Å². The Hall–Kier alpha value is -1.85. The van der Waals surface area contributed by atoms with Crippen molar-refractivity contribution >= 4 is 18.3 Å². The third kappa shape index (κ3) is 7.43. The largest absolute Gasteiger partial charge is 0.467 e. The van der Waals surface area contributed by atoms with Crippen molar-refractivity contribution in [1.29, 1.82) is 0 Å². The SMILES string of the molecule is COC(=O)[C@H](C/C=C/C=O)NC(=O)OC(C)(C)C. The van der Waals surface area contributed by atoms with Gasteiger partial charge in [-0.2, -0.15) is 0 Å². The lowest BCUT2D eigenvalue weighted by molar-refractivity contribution is -0.143. The summed E-state index contributed by atoms with van der Waals surface area (Å²) in [7, 11) is 1.22. The number of ether oxygens (including phenoxy) is 2. The summed E-state index contributed by atoms with van der Waals surface area (Å²) in [5.41, 5.74) is -0.649. The van der Waals surface area contributed by atoms with Gasteiger partial charge in [0.05, 0.1) is 7.11 Å². The zero-order valence-corrected chi connectivity index (χ0v) is 11.1. The third-order valence-electron chi connectivity index (χ3n) is 1.76. The fraction of sp³-hybridized carbons (Fsp3) is 0.583. The van der Waals surface area contributed by atoms with Crippen molar-refractivity contribution in [3.63, 3.8) is 0 Å². The smallest absolute Gasteiger partial charge is 0.408 e. The lowest BCUT2D eigenvalue weighted by atomic mass is 10.2. The van der Waals surface area contributed by atoms with E-state index >= 15 is 0 Å². The molecule has 0 aliphatic heterocycles. The second kappa shape index (κ2) is 7.47. The molecule has 0 radical (unpaired) electrons. The molecule has 0 aromatic carbocycles. The molecule has 6 nitrogen and oxygen atoms in total. The molecule has 1 atom stereocenters. The van der Waals surface area contributed by atoms with E-state index in [2.05, 4.69) is 10.1 Å². The van der Waals surface area contributed by atoms with Gasteiger partial charge in [0.1, 0.15) is 17.9 Å². The van der Waals surface area contributed by atoms with E-state index in [0.717, 1.165) is 0 Å². The predicted octanol–water partition coefficient (Wildman–Crippen LogP) is 1.20. The highest BCUT2D eigenvalue weighted by atomic mass is 16.6. The van der Waals surface area contributed by atoms with Crippen molar-refractivity contribution in [1.82, 2.24) is 5.32 Å². The molecule has 0 spiro atoms. The quantitative estimate of drug-likeness (QED) is 0.454. The summed E-state index contributed by atoms with van der Waals surface area (Å²) in [5.74, 6) is -0.601. The molecule has 0 aliphatic rings. The van der Waals surface area contributed by atoms with Gasteiger partial charge in [-0.25, -0.2) is 9.59 Å². The second-order valence-electron chi connectivity index (χ2n) is 4.52. The third-order valence-corrected chi connectivity index (χ3v) is 1.76. The number of rotatable bonds is 5. The molecule has 0 fully saturated rings. The van der Waals surface area contributed by atoms with Crippen LogP contribution in [-0.4, -0.2) is 37.1 Å². The van der Waals surface area contributed by atoms with E-state index in [1.807, 2.05) is 0 Å². The molecular formula is C12H19NO5. The molecule has 6 heteroatoms. The van der Waals surface area contributed by atoms with Crippen LogP contribution in [0.15, 0.2) is 12.2 Å². The Morgan fingerprint density at radius 2 is 1.94 bits per heavy atom. The Morgan fingerprint density at radius 1 is 1.33 bits per heavy atom. The minimum atomic E-state index is -0.874. The van der Waals surface area contributed by atoms with E-state index in [4.69, 9.17) is 4.74 Å². The summed E-state index contributed by atoms with van der Waals surface area (Å²) >= 11 is 0. The lowest BCUT2D eigenvalue weighted by Gasteiger charge is -2.22. The highest BCUT2D eigenvalue weighted by Crippen LogP contribution is 2.07. The summed E-state index contributed by atoms with van der Waals surface area (Å²) in [6, 6.07) is -0.874. The van der Waals surface area contributed by atoms with Crippen LogP contribution in [-0.2, 0) is 19.1 Å². The van der Waals surface area contributed by atoms with E-state index in [1.165, 1.54) is 19.3 Å². The number of hydrogen-bond acceptors (Lipinski definition) is 5.